The molecule has 0 atom stereocenters. The maximum atomic E-state index is 13.5. The van der Waals surface area contributed by atoms with Crippen LogP contribution in [0.1, 0.15) is 22.8 Å². The molecule has 1 amide bonds. The number of hydrogen-bond acceptors (Lipinski definition) is 7. The van der Waals surface area contributed by atoms with Gasteiger partial charge in [0.2, 0.25) is 0 Å². The normalized spacial score (nSPS) is 11.4. The van der Waals surface area contributed by atoms with Gasteiger partial charge in [-0.2, -0.15) is 13.5 Å². The first-order valence-electron chi connectivity index (χ1n) is 11.2. The van der Waals surface area contributed by atoms with Gasteiger partial charge in [0.15, 0.2) is 0 Å². The number of nitrogens with zero attached hydrogens (tertiary/aromatic N) is 2. The van der Waals surface area contributed by atoms with Gasteiger partial charge in [0.1, 0.15) is 22.0 Å². The molecule has 0 aliphatic heterocycles. The van der Waals surface area contributed by atoms with Gasteiger partial charge in [-0.15, -0.1) is 5.11 Å². The van der Waals surface area contributed by atoms with Crippen molar-refractivity contribution in [2.24, 2.45) is 10.2 Å². The third kappa shape index (κ3) is 6.72. The molecule has 13 heteroatoms. The number of aryl methyl sites for hydroxylation is 1. The van der Waals surface area contributed by atoms with Crippen LogP contribution in [0.5, 0.6) is 11.5 Å². The summed E-state index contributed by atoms with van der Waals surface area (Å²) >= 11 is 12.4. The first-order chi connectivity index (χ1) is 18.0. The molecule has 0 saturated carbocycles. The van der Waals surface area contributed by atoms with Crippen molar-refractivity contribution in [3.63, 3.8) is 0 Å². The average Bonchev–Trinajstić information content (AvgIpc) is 2.86. The summed E-state index contributed by atoms with van der Waals surface area (Å²) in [5.74, 6) is -1.19. The maximum absolute atomic E-state index is 13.5. The van der Waals surface area contributed by atoms with Gasteiger partial charge in [0, 0.05) is 16.0 Å². The molecule has 4 aromatic carbocycles. The van der Waals surface area contributed by atoms with Gasteiger partial charge in [-0.05, 0) is 55.1 Å². The molecule has 9 nitrogen and oxygen atoms in total. The number of rotatable bonds is 7. The minimum Gasteiger partial charge on any atom is -0.870 e. The third-order valence-corrected chi connectivity index (χ3v) is 7.11. The number of carbonyl (C=O) groups is 1. The van der Waals surface area contributed by atoms with E-state index in [1.807, 2.05) is 0 Å². The van der Waals surface area contributed by atoms with E-state index in [0.29, 0.717) is 28.7 Å². The number of carbonyl (C=O) groups excluding carboxylic acids is 1. The fraction of sp³-hybridized carbons (Fsp3) is 0.115. The Labute approximate surface area is 256 Å². The van der Waals surface area contributed by atoms with Gasteiger partial charge in [-0.25, -0.2) is 0 Å². The summed E-state index contributed by atoms with van der Waals surface area (Å²) in [5, 5.41) is 25.3. The van der Waals surface area contributed by atoms with Crippen LogP contribution in [0, 0.1) is 6.92 Å². The van der Waals surface area contributed by atoms with E-state index in [1.165, 1.54) is 12.1 Å². The zero-order chi connectivity index (χ0) is 27.6. The van der Waals surface area contributed by atoms with Crippen molar-refractivity contribution in [3.8, 4) is 11.5 Å². The fourth-order valence-corrected chi connectivity index (χ4v) is 4.75. The number of hydrogen-bond donors (Lipinski definition) is 2. The molecule has 0 fully saturated rings. The second-order valence-corrected chi connectivity index (χ2v) is 10.3. The number of fused-ring (bicyclic) bond motifs is 1. The largest absolute Gasteiger partial charge is 1.00 e. The number of ether oxygens (including phenoxy) is 1. The Bertz CT molecular complexity index is 1710. The summed E-state index contributed by atoms with van der Waals surface area (Å²) in [6, 6.07) is 15.3. The van der Waals surface area contributed by atoms with Crippen LogP contribution in [0.15, 0.2) is 75.8 Å². The minimum atomic E-state index is -4.68. The standard InChI is InChI=1S/C26H21Cl2N3O6S.Na/c1-3-37-21-10-6-9-18(27)24(21)29-26(33)17-12-15-7-4-5-8-16(15)23(25(17)32)31-30-20-13-19(28)14(2)11-22(20)38(34,35)36;/h4-13,32H,3H2,1-2H3,(H,29,33)(H,34,35,36);/q;+1/p-1. The molecule has 0 saturated heterocycles. The van der Waals surface area contributed by atoms with Gasteiger partial charge in [0.05, 0.1) is 17.3 Å². The van der Waals surface area contributed by atoms with E-state index in [4.69, 9.17) is 27.9 Å². The molecule has 4 aromatic rings. The molecule has 0 radical (unpaired) electrons. The van der Waals surface area contributed by atoms with E-state index < -0.39 is 26.7 Å². The SMILES string of the molecule is CCOc1cccc(Cl)c1NC(=O)c1cc2ccccc2c(N=Nc2cc(Cl)c(C)cc2S(=O)(=O)O)c1[O-].[Na+]. The minimum absolute atomic E-state index is 0. The fourth-order valence-electron chi connectivity index (χ4n) is 3.69. The van der Waals surface area contributed by atoms with Crippen LogP contribution >= 0.6 is 23.2 Å². The van der Waals surface area contributed by atoms with Crippen molar-refractivity contribution in [1.82, 2.24) is 0 Å². The molecule has 0 aliphatic carbocycles. The smallest absolute Gasteiger partial charge is 0.870 e. The Hall–Kier alpha value is -2.70. The zero-order valence-corrected chi connectivity index (χ0v) is 25.4. The predicted molar refractivity (Wildman–Crippen MR) is 144 cm³/mol. The van der Waals surface area contributed by atoms with Crippen molar-refractivity contribution < 1.29 is 57.2 Å². The number of benzene rings is 4. The van der Waals surface area contributed by atoms with Crippen LogP contribution in [-0.2, 0) is 10.1 Å². The van der Waals surface area contributed by atoms with Crippen molar-refractivity contribution in [1.29, 1.82) is 0 Å². The topological polar surface area (TPSA) is 140 Å². The summed E-state index contributed by atoms with van der Waals surface area (Å²) in [6.45, 7) is 3.65. The van der Waals surface area contributed by atoms with Gasteiger partial charge in [-0.1, -0.05) is 59.3 Å². The number of halogens is 2. The van der Waals surface area contributed by atoms with Crippen molar-refractivity contribution in [2.75, 3.05) is 11.9 Å². The summed E-state index contributed by atoms with van der Waals surface area (Å²) in [5.41, 5.74) is -0.159. The molecule has 0 heterocycles. The first kappa shape index (κ1) is 30.8. The second kappa shape index (κ2) is 12.6. The molecule has 196 valence electrons. The van der Waals surface area contributed by atoms with Gasteiger partial charge < -0.3 is 15.2 Å². The zero-order valence-electron chi connectivity index (χ0n) is 21.0. The van der Waals surface area contributed by atoms with Crippen LogP contribution in [-0.4, -0.2) is 25.5 Å². The summed E-state index contributed by atoms with van der Waals surface area (Å²) in [4.78, 5) is 12.7. The van der Waals surface area contributed by atoms with Crippen LogP contribution in [0.3, 0.4) is 0 Å². The Morgan fingerprint density at radius 3 is 2.46 bits per heavy atom. The number of anilines is 1. The second-order valence-electron chi connectivity index (χ2n) is 8.07. The van der Waals surface area contributed by atoms with Crippen LogP contribution < -0.4 is 44.7 Å². The average molecular weight is 596 g/mol. The van der Waals surface area contributed by atoms with E-state index in [2.05, 4.69) is 15.5 Å². The third-order valence-electron chi connectivity index (χ3n) is 5.51. The molecule has 0 aliphatic rings. The van der Waals surface area contributed by atoms with E-state index >= 15 is 0 Å². The van der Waals surface area contributed by atoms with Gasteiger partial charge in [0.25, 0.3) is 16.0 Å². The molecular formula is C26H20Cl2N3NaO6S. The van der Waals surface area contributed by atoms with Crippen molar-refractivity contribution in [3.05, 3.63) is 81.8 Å². The molecule has 2 N–H and O–H groups in total. The summed E-state index contributed by atoms with van der Waals surface area (Å²) in [6.07, 6.45) is 0. The number of nitrogens with one attached hydrogen (secondary N) is 1. The Morgan fingerprint density at radius 2 is 1.77 bits per heavy atom. The summed E-state index contributed by atoms with van der Waals surface area (Å²) < 4.78 is 39.0. The van der Waals surface area contributed by atoms with Crippen molar-refractivity contribution in [2.45, 2.75) is 18.7 Å². The Balaban J connectivity index is 0.00000420. The van der Waals surface area contributed by atoms with E-state index in [1.54, 1.807) is 56.3 Å². The monoisotopic (exact) mass is 595 g/mol. The van der Waals surface area contributed by atoms with Gasteiger partial charge in [-0.3, -0.25) is 9.35 Å². The molecule has 0 aromatic heterocycles. The molecular weight excluding hydrogens is 576 g/mol. The first-order valence-corrected chi connectivity index (χ1v) is 13.4. The number of azo groups is 1. The van der Waals surface area contributed by atoms with E-state index in [0.717, 1.165) is 6.07 Å². The van der Waals surface area contributed by atoms with E-state index in [9.17, 15) is 22.9 Å². The molecule has 0 unspecified atom stereocenters. The predicted octanol–water partition coefficient (Wildman–Crippen LogP) is 3.85. The Morgan fingerprint density at radius 1 is 1.05 bits per heavy atom. The number of amides is 1. The van der Waals surface area contributed by atoms with E-state index in [-0.39, 0.29) is 62.2 Å². The molecule has 0 spiro atoms. The Kier molecular flexibility index (Phi) is 10.0. The molecule has 0 bridgehead atoms. The van der Waals surface area contributed by atoms with Crippen LogP contribution in [0.4, 0.5) is 17.1 Å². The number of para-hydroxylation sites is 1. The van der Waals surface area contributed by atoms with Crippen molar-refractivity contribution >= 4 is 67.1 Å². The summed E-state index contributed by atoms with van der Waals surface area (Å²) in [7, 11) is -4.68. The molecule has 4 rings (SSSR count). The maximum Gasteiger partial charge on any atom is 1.00 e. The van der Waals surface area contributed by atoms with Crippen LogP contribution in [0.2, 0.25) is 10.0 Å². The van der Waals surface area contributed by atoms with Gasteiger partial charge >= 0.3 is 29.6 Å². The molecule has 39 heavy (non-hydrogen) atoms. The quantitative estimate of drug-likeness (QED) is 0.189. The van der Waals surface area contributed by atoms with Crippen LogP contribution in [0.25, 0.3) is 10.8 Å².